The molecular formula is C20H13N3O6. The van der Waals surface area contributed by atoms with Gasteiger partial charge in [0.25, 0.3) is 0 Å². The van der Waals surface area contributed by atoms with Crippen LogP contribution in [0.1, 0.15) is 20.7 Å². The number of hydrogen-bond donors (Lipinski definition) is 1. The quantitative estimate of drug-likeness (QED) is 0.416. The van der Waals surface area contributed by atoms with E-state index in [9.17, 15) is 14.4 Å². The lowest BCUT2D eigenvalue weighted by Crippen LogP contribution is -2.05. The molecule has 0 aliphatic rings. The molecule has 0 spiro atoms. The number of aromatic carboxylic acids is 1. The van der Waals surface area contributed by atoms with Gasteiger partial charge in [-0.1, -0.05) is 5.21 Å². The minimum absolute atomic E-state index is 0.145. The largest absolute Gasteiger partial charge is 0.478 e. The fourth-order valence-electron chi connectivity index (χ4n) is 2.88. The second-order valence-electron chi connectivity index (χ2n) is 6.08. The highest BCUT2D eigenvalue weighted by atomic mass is 16.5. The van der Waals surface area contributed by atoms with Crippen molar-refractivity contribution in [1.29, 1.82) is 0 Å². The molecule has 29 heavy (non-hydrogen) atoms. The van der Waals surface area contributed by atoms with E-state index in [1.54, 1.807) is 30.5 Å². The number of methoxy groups -OCH3 is 1. The third-order valence-electron chi connectivity index (χ3n) is 4.31. The summed E-state index contributed by atoms with van der Waals surface area (Å²) >= 11 is 0. The van der Waals surface area contributed by atoms with Crippen LogP contribution in [0.4, 0.5) is 0 Å². The molecule has 4 rings (SSSR count). The minimum Gasteiger partial charge on any atom is -0.478 e. The minimum atomic E-state index is -1.03. The summed E-state index contributed by atoms with van der Waals surface area (Å²) < 4.78 is 11.5. The molecule has 0 amide bonds. The zero-order valence-electron chi connectivity index (χ0n) is 15.0. The zero-order valence-corrected chi connectivity index (χ0v) is 15.0. The van der Waals surface area contributed by atoms with Gasteiger partial charge < -0.3 is 14.3 Å². The molecule has 144 valence electrons. The molecule has 0 saturated carbocycles. The zero-order chi connectivity index (χ0) is 20.5. The van der Waals surface area contributed by atoms with E-state index in [4.69, 9.17) is 14.3 Å². The number of rotatable bonds is 4. The molecule has 0 fully saturated rings. The summed E-state index contributed by atoms with van der Waals surface area (Å²) in [7, 11) is 1.27. The van der Waals surface area contributed by atoms with Gasteiger partial charge in [-0.3, -0.25) is 0 Å². The summed E-state index contributed by atoms with van der Waals surface area (Å²) in [5.74, 6) is -1.61. The maximum Gasteiger partial charge on any atom is 0.338 e. The van der Waals surface area contributed by atoms with Crippen LogP contribution in [0.5, 0.6) is 0 Å². The van der Waals surface area contributed by atoms with Crippen molar-refractivity contribution in [3.05, 3.63) is 76.3 Å². The Morgan fingerprint density at radius 1 is 1.10 bits per heavy atom. The third kappa shape index (κ3) is 3.36. The number of esters is 1. The van der Waals surface area contributed by atoms with Gasteiger partial charge >= 0.3 is 17.6 Å². The van der Waals surface area contributed by atoms with Crippen LogP contribution in [0.15, 0.2) is 63.9 Å². The van der Waals surface area contributed by atoms with Crippen LogP contribution in [-0.4, -0.2) is 39.1 Å². The molecule has 2 aromatic heterocycles. The molecule has 0 bridgehead atoms. The van der Waals surface area contributed by atoms with E-state index in [0.29, 0.717) is 27.9 Å². The van der Waals surface area contributed by atoms with Crippen LogP contribution in [0.2, 0.25) is 0 Å². The average molecular weight is 391 g/mol. The van der Waals surface area contributed by atoms with E-state index in [1.807, 2.05) is 0 Å². The normalized spacial score (nSPS) is 10.8. The van der Waals surface area contributed by atoms with Crippen molar-refractivity contribution in [3.63, 3.8) is 0 Å². The van der Waals surface area contributed by atoms with Gasteiger partial charge in [0.05, 0.1) is 30.1 Å². The lowest BCUT2D eigenvalue weighted by molar-refractivity contribution is 0.0600. The smallest absolute Gasteiger partial charge is 0.338 e. The fraction of sp³-hybridized carbons (Fsp3) is 0.0500. The van der Waals surface area contributed by atoms with Crippen LogP contribution >= 0.6 is 0 Å². The number of aromatic nitrogens is 3. The molecule has 2 aromatic carbocycles. The number of carbonyl (C=O) groups excluding carboxylic acids is 1. The molecule has 4 aromatic rings. The number of carboxylic acids is 1. The van der Waals surface area contributed by atoms with E-state index < -0.39 is 17.6 Å². The van der Waals surface area contributed by atoms with Gasteiger partial charge in [-0.15, -0.1) is 5.10 Å². The first-order valence-electron chi connectivity index (χ1n) is 8.39. The Balaban J connectivity index is 1.82. The predicted molar refractivity (Wildman–Crippen MR) is 101 cm³/mol. The number of benzene rings is 2. The Morgan fingerprint density at radius 3 is 2.55 bits per heavy atom. The average Bonchev–Trinajstić information content (AvgIpc) is 3.22. The lowest BCUT2D eigenvalue weighted by atomic mass is 10.0. The molecule has 0 aliphatic heterocycles. The van der Waals surface area contributed by atoms with Crippen molar-refractivity contribution >= 4 is 22.9 Å². The molecule has 0 aliphatic carbocycles. The summed E-state index contributed by atoms with van der Waals surface area (Å²) in [6, 6.07) is 12.0. The second-order valence-corrected chi connectivity index (χ2v) is 6.08. The Morgan fingerprint density at radius 2 is 1.86 bits per heavy atom. The van der Waals surface area contributed by atoms with Crippen molar-refractivity contribution in [1.82, 2.24) is 15.0 Å². The van der Waals surface area contributed by atoms with E-state index in [2.05, 4.69) is 10.3 Å². The maximum absolute atomic E-state index is 12.3. The molecule has 9 heteroatoms. The lowest BCUT2D eigenvalue weighted by Gasteiger charge is -2.07. The van der Waals surface area contributed by atoms with Gasteiger partial charge in [-0.25, -0.2) is 19.1 Å². The Hall–Kier alpha value is -4.27. The summed E-state index contributed by atoms with van der Waals surface area (Å²) in [5, 5.41) is 17.7. The summed E-state index contributed by atoms with van der Waals surface area (Å²) in [5.41, 5.74) is 1.47. The van der Waals surface area contributed by atoms with Gasteiger partial charge in [-0.2, -0.15) is 0 Å². The Bertz CT molecular complexity index is 1300. The van der Waals surface area contributed by atoms with E-state index in [1.165, 1.54) is 36.1 Å². The van der Waals surface area contributed by atoms with Gasteiger partial charge in [0.15, 0.2) is 0 Å². The first-order chi connectivity index (χ1) is 14.0. The molecule has 0 atom stereocenters. The molecular weight excluding hydrogens is 378 g/mol. The number of ether oxygens (including phenoxy) is 1. The van der Waals surface area contributed by atoms with E-state index in [0.717, 1.165) is 0 Å². The molecule has 1 N–H and O–H groups in total. The molecule has 0 radical (unpaired) electrons. The second kappa shape index (κ2) is 7.04. The van der Waals surface area contributed by atoms with Gasteiger partial charge in [-0.05, 0) is 42.5 Å². The van der Waals surface area contributed by atoms with Gasteiger partial charge in [0, 0.05) is 17.0 Å². The Labute approximate surface area is 162 Å². The first-order valence-corrected chi connectivity index (χ1v) is 8.39. The van der Waals surface area contributed by atoms with Gasteiger partial charge in [0.1, 0.15) is 11.3 Å². The molecule has 2 heterocycles. The highest BCUT2D eigenvalue weighted by molar-refractivity contribution is 6.01. The van der Waals surface area contributed by atoms with Crippen LogP contribution in [-0.2, 0) is 4.74 Å². The summed E-state index contributed by atoms with van der Waals surface area (Å²) in [6.45, 7) is 0. The van der Waals surface area contributed by atoms with Crippen molar-refractivity contribution in [2.24, 2.45) is 0 Å². The maximum atomic E-state index is 12.3. The van der Waals surface area contributed by atoms with Crippen LogP contribution in [0, 0.1) is 0 Å². The van der Waals surface area contributed by atoms with E-state index >= 15 is 0 Å². The van der Waals surface area contributed by atoms with Crippen molar-refractivity contribution in [2.75, 3.05) is 7.11 Å². The van der Waals surface area contributed by atoms with Crippen molar-refractivity contribution in [3.8, 4) is 16.9 Å². The Kier molecular flexibility index (Phi) is 4.40. The number of carboxylic acid groups (broad SMARTS) is 1. The molecule has 0 saturated heterocycles. The topological polar surface area (TPSA) is 125 Å². The fourth-order valence-corrected chi connectivity index (χ4v) is 2.88. The summed E-state index contributed by atoms with van der Waals surface area (Å²) in [4.78, 5) is 34.8. The third-order valence-corrected chi connectivity index (χ3v) is 4.31. The van der Waals surface area contributed by atoms with Crippen LogP contribution < -0.4 is 5.63 Å². The number of fused-ring (bicyclic) bond motifs is 1. The molecule has 9 nitrogen and oxygen atoms in total. The predicted octanol–water partition coefficient (Wildman–Crippen LogP) is 2.53. The van der Waals surface area contributed by atoms with Crippen LogP contribution in [0.25, 0.3) is 27.9 Å². The number of carbonyl (C=O) groups is 2. The molecule has 0 unspecified atom stereocenters. The van der Waals surface area contributed by atoms with Crippen molar-refractivity contribution in [2.45, 2.75) is 0 Å². The number of nitrogens with zero attached hydrogens (tertiary/aromatic N) is 3. The van der Waals surface area contributed by atoms with Gasteiger partial charge in [0.2, 0.25) is 0 Å². The highest BCUT2D eigenvalue weighted by Gasteiger charge is 2.18. The monoisotopic (exact) mass is 391 g/mol. The highest BCUT2D eigenvalue weighted by Crippen LogP contribution is 2.28. The number of hydrogen-bond acceptors (Lipinski definition) is 7. The summed E-state index contributed by atoms with van der Waals surface area (Å²) in [6.07, 6.45) is 1.57. The first kappa shape index (κ1) is 18.1. The van der Waals surface area contributed by atoms with Crippen LogP contribution in [0.3, 0.4) is 0 Å². The van der Waals surface area contributed by atoms with E-state index in [-0.39, 0.29) is 11.1 Å². The van der Waals surface area contributed by atoms with Crippen molar-refractivity contribution < 1.29 is 23.8 Å². The SMILES string of the molecule is COC(=O)c1cc2ccc(=O)oc2cc1-c1cn(-c2ccc(C(=O)O)cc2)nn1. The standard InChI is InChI=1S/C20H13N3O6/c1-28-20(27)15-8-12-4-7-18(24)29-17(12)9-14(15)16-10-23(22-21-16)13-5-2-11(3-6-13)19(25)26/h2-10H,1H3,(H,25,26).